The zero-order valence-corrected chi connectivity index (χ0v) is 16.3. The van der Waals surface area contributed by atoms with E-state index in [1.54, 1.807) is 0 Å². The van der Waals surface area contributed by atoms with Crippen LogP contribution in [0.1, 0.15) is 71.1 Å². The first kappa shape index (κ1) is 19.5. The average Bonchev–Trinajstić information content (AvgIpc) is 3.30. The number of rotatable bonds is 5. The van der Waals surface area contributed by atoms with Crippen molar-refractivity contribution in [2.75, 3.05) is 26.2 Å². The SMILES string of the molecule is CCNC(=NCC1(O)CCCC1)NC1CCN(C(=O)C2CCCCC2)C1. The Morgan fingerprint density at radius 2 is 1.88 bits per heavy atom. The predicted octanol–water partition coefficient (Wildman–Crippen LogP) is 2.03. The summed E-state index contributed by atoms with van der Waals surface area (Å²) in [7, 11) is 0. The molecule has 3 N–H and O–H groups in total. The molecule has 3 fully saturated rings. The van der Waals surface area contributed by atoms with Crippen molar-refractivity contribution < 1.29 is 9.90 Å². The molecule has 0 aromatic carbocycles. The zero-order chi connectivity index (χ0) is 18.4. The fourth-order valence-electron chi connectivity index (χ4n) is 4.62. The van der Waals surface area contributed by atoms with Crippen molar-refractivity contribution in [2.24, 2.45) is 10.9 Å². The summed E-state index contributed by atoms with van der Waals surface area (Å²) in [6.45, 7) is 4.91. The van der Waals surface area contributed by atoms with Crippen LogP contribution in [0.2, 0.25) is 0 Å². The smallest absolute Gasteiger partial charge is 0.225 e. The minimum atomic E-state index is -0.624. The second kappa shape index (κ2) is 9.07. The highest BCUT2D eigenvalue weighted by Gasteiger charge is 2.33. The Morgan fingerprint density at radius 1 is 1.15 bits per heavy atom. The molecular formula is C20H36N4O2. The zero-order valence-electron chi connectivity index (χ0n) is 16.3. The topological polar surface area (TPSA) is 77.0 Å². The second-order valence-electron chi connectivity index (χ2n) is 8.38. The lowest BCUT2D eigenvalue weighted by Crippen LogP contribution is -2.46. The highest BCUT2D eigenvalue weighted by molar-refractivity contribution is 5.81. The number of nitrogens with zero attached hydrogens (tertiary/aromatic N) is 2. The quantitative estimate of drug-likeness (QED) is 0.515. The number of hydrogen-bond donors (Lipinski definition) is 3. The van der Waals surface area contributed by atoms with E-state index in [0.717, 1.165) is 70.5 Å². The van der Waals surface area contributed by atoms with Gasteiger partial charge in [0.15, 0.2) is 5.96 Å². The van der Waals surface area contributed by atoms with E-state index in [9.17, 15) is 9.90 Å². The molecule has 148 valence electrons. The molecule has 0 aromatic heterocycles. The Hall–Kier alpha value is -1.30. The van der Waals surface area contributed by atoms with E-state index < -0.39 is 5.60 Å². The average molecular weight is 365 g/mol. The number of nitrogens with one attached hydrogen (secondary N) is 2. The van der Waals surface area contributed by atoms with Crippen LogP contribution < -0.4 is 10.6 Å². The number of guanidine groups is 1. The van der Waals surface area contributed by atoms with Gasteiger partial charge in [-0.05, 0) is 39.0 Å². The van der Waals surface area contributed by atoms with Crippen LogP contribution in [-0.2, 0) is 4.79 Å². The molecule has 1 amide bonds. The van der Waals surface area contributed by atoms with Crippen molar-refractivity contribution in [3.05, 3.63) is 0 Å². The van der Waals surface area contributed by atoms with Gasteiger partial charge in [0.05, 0.1) is 12.1 Å². The number of aliphatic hydroxyl groups is 1. The lowest BCUT2D eigenvalue weighted by atomic mass is 9.88. The van der Waals surface area contributed by atoms with Gasteiger partial charge >= 0.3 is 0 Å². The van der Waals surface area contributed by atoms with E-state index in [0.29, 0.717) is 12.5 Å². The molecule has 1 heterocycles. The van der Waals surface area contributed by atoms with Crippen molar-refractivity contribution >= 4 is 11.9 Å². The lowest BCUT2D eigenvalue weighted by molar-refractivity contribution is -0.135. The molecule has 2 aliphatic carbocycles. The minimum absolute atomic E-state index is 0.249. The molecule has 26 heavy (non-hydrogen) atoms. The Kier molecular flexibility index (Phi) is 6.79. The fourth-order valence-corrected chi connectivity index (χ4v) is 4.62. The monoisotopic (exact) mass is 364 g/mol. The summed E-state index contributed by atoms with van der Waals surface area (Å²) < 4.78 is 0. The first-order valence-corrected chi connectivity index (χ1v) is 10.7. The van der Waals surface area contributed by atoms with Gasteiger partial charge in [-0.2, -0.15) is 0 Å². The van der Waals surface area contributed by atoms with Crippen LogP contribution in [0.25, 0.3) is 0 Å². The number of aliphatic imine (C=N–C) groups is 1. The van der Waals surface area contributed by atoms with Crippen LogP contribution in [-0.4, -0.2) is 59.7 Å². The molecule has 6 nitrogen and oxygen atoms in total. The third kappa shape index (κ3) is 5.12. The van der Waals surface area contributed by atoms with Crippen LogP contribution in [0, 0.1) is 5.92 Å². The van der Waals surface area contributed by atoms with E-state index in [1.807, 2.05) is 4.90 Å². The third-order valence-electron chi connectivity index (χ3n) is 6.21. The number of hydrogen-bond acceptors (Lipinski definition) is 3. The molecule has 3 rings (SSSR count). The van der Waals surface area contributed by atoms with E-state index in [2.05, 4.69) is 22.5 Å². The molecule has 2 saturated carbocycles. The normalized spacial score (nSPS) is 26.9. The van der Waals surface area contributed by atoms with Crippen LogP contribution in [0.15, 0.2) is 4.99 Å². The van der Waals surface area contributed by atoms with Crippen molar-refractivity contribution in [1.29, 1.82) is 0 Å². The van der Waals surface area contributed by atoms with Crippen LogP contribution >= 0.6 is 0 Å². The van der Waals surface area contributed by atoms with Crippen LogP contribution in [0.3, 0.4) is 0 Å². The van der Waals surface area contributed by atoms with Gasteiger partial charge in [-0.3, -0.25) is 9.79 Å². The van der Waals surface area contributed by atoms with Gasteiger partial charge in [0.25, 0.3) is 0 Å². The molecule has 6 heteroatoms. The van der Waals surface area contributed by atoms with E-state index in [-0.39, 0.29) is 12.0 Å². The summed E-state index contributed by atoms with van der Waals surface area (Å²) in [5.41, 5.74) is -0.624. The molecule has 1 unspecified atom stereocenters. The standard InChI is InChI=1S/C20H36N4O2/c1-2-21-19(22-15-20(26)11-6-7-12-20)23-17-10-13-24(14-17)18(25)16-8-4-3-5-9-16/h16-17,26H,2-15H2,1H3,(H2,21,22,23). The largest absolute Gasteiger partial charge is 0.388 e. The summed E-state index contributed by atoms with van der Waals surface area (Å²) in [6, 6.07) is 0.249. The summed E-state index contributed by atoms with van der Waals surface area (Å²) in [4.78, 5) is 19.4. The molecule has 3 aliphatic rings. The number of likely N-dealkylation sites (tertiary alicyclic amines) is 1. The molecule has 1 saturated heterocycles. The van der Waals surface area contributed by atoms with E-state index in [4.69, 9.17) is 0 Å². The minimum Gasteiger partial charge on any atom is -0.388 e. The highest BCUT2D eigenvalue weighted by Crippen LogP contribution is 2.29. The molecular weight excluding hydrogens is 328 g/mol. The van der Waals surface area contributed by atoms with Gasteiger partial charge in [0.2, 0.25) is 5.91 Å². The number of amides is 1. The van der Waals surface area contributed by atoms with Crippen molar-refractivity contribution in [3.8, 4) is 0 Å². The van der Waals surface area contributed by atoms with Gasteiger partial charge in [-0.1, -0.05) is 32.1 Å². The van der Waals surface area contributed by atoms with Crippen LogP contribution in [0.5, 0.6) is 0 Å². The predicted molar refractivity (Wildman–Crippen MR) is 104 cm³/mol. The maximum absolute atomic E-state index is 12.7. The Morgan fingerprint density at radius 3 is 2.58 bits per heavy atom. The molecule has 0 bridgehead atoms. The first-order chi connectivity index (χ1) is 12.6. The second-order valence-corrected chi connectivity index (χ2v) is 8.38. The summed E-state index contributed by atoms with van der Waals surface area (Å²) in [5, 5.41) is 17.3. The van der Waals surface area contributed by atoms with Crippen molar-refractivity contribution in [2.45, 2.75) is 82.8 Å². The lowest BCUT2D eigenvalue weighted by Gasteiger charge is -2.26. The number of carbonyl (C=O) groups excluding carboxylic acids is 1. The number of carbonyl (C=O) groups is 1. The fraction of sp³-hybridized carbons (Fsp3) is 0.900. The summed E-state index contributed by atoms with van der Waals surface area (Å²) in [6.07, 6.45) is 10.7. The Balaban J connectivity index is 1.50. The van der Waals surface area contributed by atoms with Gasteiger partial charge in [0, 0.05) is 31.6 Å². The summed E-state index contributed by atoms with van der Waals surface area (Å²) in [5.74, 6) is 1.38. The van der Waals surface area contributed by atoms with E-state index in [1.165, 1.54) is 19.3 Å². The van der Waals surface area contributed by atoms with Crippen molar-refractivity contribution in [1.82, 2.24) is 15.5 Å². The maximum Gasteiger partial charge on any atom is 0.225 e. The molecule has 1 atom stereocenters. The van der Waals surface area contributed by atoms with Gasteiger partial charge in [-0.15, -0.1) is 0 Å². The Bertz CT molecular complexity index is 496. The van der Waals surface area contributed by atoms with Gasteiger partial charge in [0.1, 0.15) is 0 Å². The Labute approximate surface area is 157 Å². The van der Waals surface area contributed by atoms with Crippen LogP contribution in [0.4, 0.5) is 0 Å². The summed E-state index contributed by atoms with van der Waals surface area (Å²) >= 11 is 0. The molecule has 0 radical (unpaired) electrons. The van der Waals surface area contributed by atoms with Gasteiger partial charge < -0.3 is 20.6 Å². The molecule has 1 aliphatic heterocycles. The van der Waals surface area contributed by atoms with Crippen molar-refractivity contribution in [3.63, 3.8) is 0 Å². The van der Waals surface area contributed by atoms with Gasteiger partial charge in [-0.25, -0.2) is 0 Å². The molecule has 0 spiro atoms. The van der Waals surface area contributed by atoms with E-state index >= 15 is 0 Å². The maximum atomic E-state index is 12.7. The molecule has 0 aromatic rings. The highest BCUT2D eigenvalue weighted by atomic mass is 16.3. The first-order valence-electron chi connectivity index (χ1n) is 10.7. The third-order valence-corrected chi connectivity index (χ3v) is 6.21.